The minimum atomic E-state index is -3.83. The molecule has 2 unspecified atom stereocenters. The van der Waals surface area contributed by atoms with E-state index in [9.17, 15) is 22.7 Å². The number of nitro benzene ring substituents is 1. The van der Waals surface area contributed by atoms with E-state index < -0.39 is 31.8 Å². The van der Waals surface area contributed by atoms with Gasteiger partial charge in [0.15, 0.2) is 0 Å². The Balaban J connectivity index is 3.09. The Morgan fingerprint density at radius 1 is 1.43 bits per heavy atom. The van der Waals surface area contributed by atoms with Crippen molar-refractivity contribution in [2.75, 3.05) is 24.4 Å². The van der Waals surface area contributed by atoms with Crippen LogP contribution in [-0.4, -0.2) is 42.6 Å². The molecule has 118 valence electrons. The summed E-state index contributed by atoms with van der Waals surface area (Å²) in [4.78, 5) is 10.1. The monoisotopic (exact) mass is 335 g/mol. The van der Waals surface area contributed by atoms with Gasteiger partial charge in [0.05, 0.1) is 9.82 Å². The zero-order valence-electron chi connectivity index (χ0n) is 11.8. The molecule has 0 radical (unpaired) electrons. The van der Waals surface area contributed by atoms with Crippen LogP contribution in [0.5, 0.6) is 0 Å². The molecule has 8 nitrogen and oxygen atoms in total. The van der Waals surface area contributed by atoms with E-state index in [0.29, 0.717) is 0 Å². The first-order chi connectivity index (χ1) is 9.67. The fourth-order valence-electron chi connectivity index (χ4n) is 1.76. The molecule has 0 amide bonds. The zero-order valence-corrected chi connectivity index (χ0v) is 13.5. The lowest BCUT2D eigenvalue weighted by atomic mass is 10.3. The Hall–Kier alpha value is -1.52. The molecular weight excluding hydrogens is 318 g/mol. The normalized spacial score (nSPS) is 14.4. The second kappa shape index (κ2) is 6.96. The van der Waals surface area contributed by atoms with E-state index >= 15 is 0 Å². The molecule has 1 rings (SSSR count). The molecule has 0 spiro atoms. The van der Waals surface area contributed by atoms with Gasteiger partial charge in [-0.15, -0.1) is 0 Å². The van der Waals surface area contributed by atoms with E-state index in [1.165, 1.54) is 19.4 Å². The molecule has 0 bridgehead atoms. The number of hydrogen-bond donors (Lipinski definition) is 2. The summed E-state index contributed by atoms with van der Waals surface area (Å²) in [6.07, 6.45) is 1.48. The van der Waals surface area contributed by atoms with Crippen LogP contribution < -0.4 is 10.0 Å². The average Bonchev–Trinajstić information content (AvgIpc) is 2.35. The lowest BCUT2D eigenvalue weighted by Gasteiger charge is -2.13. The number of rotatable bonds is 7. The SMILES string of the molecule is CNc1cc(S(=O)(=O)NC(C)CS(C)=O)ccc1[N+](=O)[O-]. The van der Waals surface area contributed by atoms with Crippen LogP contribution in [0.3, 0.4) is 0 Å². The summed E-state index contributed by atoms with van der Waals surface area (Å²) < 4.78 is 37.8. The highest BCUT2D eigenvalue weighted by molar-refractivity contribution is 7.89. The Morgan fingerprint density at radius 3 is 2.52 bits per heavy atom. The van der Waals surface area contributed by atoms with Gasteiger partial charge in [-0.2, -0.15) is 0 Å². The molecular formula is C11H17N3O5S2. The summed E-state index contributed by atoms with van der Waals surface area (Å²) >= 11 is 0. The van der Waals surface area contributed by atoms with Crippen LogP contribution in [0.1, 0.15) is 6.92 Å². The summed E-state index contributed by atoms with van der Waals surface area (Å²) in [5.74, 6) is 0.186. The molecule has 21 heavy (non-hydrogen) atoms. The van der Waals surface area contributed by atoms with E-state index in [1.807, 2.05) is 0 Å². The van der Waals surface area contributed by atoms with Gasteiger partial charge in [-0.1, -0.05) is 0 Å². The van der Waals surface area contributed by atoms with E-state index in [2.05, 4.69) is 10.0 Å². The van der Waals surface area contributed by atoms with Crippen molar-refractivity contribution in [2.24, 2.45) is 0 Å². The number of sulfonamides is 1. The number of nitrogens with one attached hydrogen (secondary N) is 2. The van der Waals surface area contributed by atoms with Crippen molar-refractivity contribution in [1.29, 1.82) is 0 Å². The molecule has 0 heterocycles. The molecule has 1 aromatic carbocycles. The maximum absolute atomic E-state index is 12.2. The van der Waals surface area contributed by atoms with Gasteiger partial charge in [0.25, 0.3) is 5.69 Å². The number of nitro groups is 1. The second-order valence-corrected chi connectivity index (χ2v) is 7.64. The van der Waals surface area contributed by atoms with Crippen molar-refractivity contribution < 1.29 is 17.6 Å². The van der Waals surface area contributed by atoms with Crippen LogP contribution in [0.15, 0.2) is 23.1 Å². The van der Waals surface area contributed by atoms with E-state index in [1.54, 1.807) is 6.92 Å². The molecule has 1 aromatic rings. The van der Waals surface area contributed by atoms with Crippen LogP contribution in [0.2, 0.25) is 0 Å². The van der Waals surface area contributed by atoms with E-state index in [-0.39, 0.29) is 22.0 Å². The number of nitrogens with zero attached hydrogens (tertiary/aromatic N) is 1. The largest absolute Gasteiger partial charge is 0.383 e. The van der Waals surface area contributed by atoms with Gasteiger partial charge in [-0.3, -0.25) is 14.3 Å². The highest BCUT2D eigenvalue weighted by Crippen LogP contribution is 2.26. The van der Waals surface area contributed by atoms with Crippen molar-refractivity contribution >= 4 is 32.2 Å². The molecule has 0 aliphatic rings. The van der Waals surface area contributed by atoms with Crippen molar-refractivity contribution in [3.63, 3.8) is 0 Å². The third-order valence-electron chi connectivity index (χ3n) is 2.59. The van der Waals surface area contributed by atoms with Gasteiger partial charge in [0, 0.05) is 42.0 Å². The highest BCUT2D eigenvalue weighted by atomic mass is 32.2. The zero-order chi connectivity index (χ0) is 16.2. The molecule has 0 saturated carbocycles. The standard InChI is InChI=1S/C11H17N3O5S2/c1-8(7-20(3)17)13-21(18,19)9-4-5-11(14(15)16)10(6-9)12-2/h4-6,8,12-13H,7H2,1-3H3. The van der Waals surface area contributed by atoms with Crippen LogP contribution in [0, 0.1) is 10.1 Å². The minimum Gasteiger partial charge on any atom is -0.383 e. The predicted octanol–water partition coefficient (Wildman–Crippen LogP) is 0.682. The minimum absolute atomic E-state index is 0.0915. The van der Waals surface area contributed by atoms with Gasteiger partial charge in [0.1, 0.15) is 5.69 Å². The lowest BCUT2D eigenvalue weighted by molar-refractivity contribution is -0.384. The van der Waals surface area contributed by atoms with Gasteiger partial charge in [0.2, 0.25) is 10.0 Å². The third kappa shape index (κ3) is 4.76. The smallest absolute Gasteiger partial charge is 0.292 e. The molecule has 0 fully saturated rings. The van der Waals surface area contributed by atoms with Crippen molar-refractivity contribution in [3.8, 4) is 0 Å². The number of benzene rings is 1. The number of anilines is 1. The van der Waals surface area contributed by atoms with Gasteiger partial charge >= 0.3 is 0 Å². The first-order valence-corrected chi connectivity index (χ1v) is 9.17. The Bertz CT molecular complexity index is 660. The van der Waals surface area contributed by atoms with Crippen molar-refractivity contribution in [2.45, 2.75) is 17.9 Å². The number of hydrogen-bond acceptors (Lipinski definition) is 6. The predicted molar refractivity (Wildman–Crippen MR) is 81.4 cm³/mol. The van der Waals surface area contributed by atoms with Crippen LogP contribution in [-0.2, 0) is 20.8 Å². The highest BCUT2D eigenvalue weighted by Gasteiger charge is 2.22. The lowest BCUT2D eigenvalue weighted by Crippen LogP contribution is -2.36. The first kappa shape index (κ1) is 17.5. The topological polar surface area (TPSA) is 118 Å². The molecule has 0 aliphatic heterocycles. The summed E-state index contributed by atoms with van der Waals surface area (Å²) in [6.45, 7) is 1.60. The molecule has 2 N–H and O–H groups in total. The summed E-state index contributed by atoms with van der Waals surface area (Å²) in [5.41, 5.74) is -0.103. The van der Waals surface area contributed by atoms with Crippen LogP contribution >= 0.6 is 0 Å². The Labute approximate surface area is 125 Å². The maximum Gasteiger partial charge on any atom is 0.292 e. The molecule has 10 heteroatoms. The summed E-state index contributed by atoms with van der Waals surface area (Å²) in [7, 11) is -3.49. The molecule has 0 aromatic heterocycles. The summed E-state index contributed by atoms with van der Waals surface area (Å²) in [5, 5.41) is 13.4. The Morgan fingerprint density at radius 2 is 2.05 bits per heavy atom. The van der Waals surface area contributed by atoms with Gasteiger partial charge < -0.3 is 5.32 Å². The van der Waals surface area contributed by atoms with Crippen molar-refractivity contribution in [3.05, 3.63) is 28.3 Å². The summed E-state index contributed by atoms with van der Waals surface area (Å²) in [6, 6.07) is 2.98. The average molecular weight is 335 g/mol. The Kier molecular flexibility index (Phi) is 5.81. The van der Waals surface area contributed by atoms with E-state index in [0.717, 1.165) is 12.1 Å². The second-order valence-electron chi connectivity index (χ2n) is 4.45. The maximum atomic E-state index is 12.2. The molecule has 2 atom stereocenters. The molecule has 0 aliphatic carbocycles. The quantitative estimate of drug-likeness (QED) is 0.559. The van der Waals surface area contributed by atoms with Gasteiger partial charge in [-0.25, -0.2) is 13.1 Å². The van der Waals surface area contributed by atoms with Crippen molar-refractivity contribution in [1.82, 2.24) is 4.72 Å². The van der Waals surface area contributed by atoms with Gasteiger partial charge in [-0.05, 0) is 19.1 Å². The van der Waals surface area contributed by atoms with E-state index in [4.69, 9.17) is 0 Å². The fraction of sp³-hybridized carbons (Fsp3) is 0.455. The van der Waals surface area contributed by atoms with Crippen LogP contribution in [0.25, 0.3) is 0 Å². The first-order valence-electron chi connectivity index (χ1n) is 5.96. The third-order valence-corrected chi connectivity index (χ3v) is 5.14. The fourth-order valence-corrected chi connectivity index (χ4v) is 3.92. The molecule has 0 saturated heterocycles. The van der Waals surface area contributed by atoms with Crippen LogP contribution in [0.4, 0.5) is 11.4 Å².